The van der Waals surface area contributed by atoms with Gasteiger partial charge in [-0.25, -0.2) is 4.79 Å². The summed E-state index contributed by atoms with van der Waals surface area (Å²) in [4.78, 5) is 11.4. The lowest BCUT2D eigenvalue weighted by Gasteiger charge is -1.99. The van der Waals surface area contributed by atoms with Gasteiger partial charge in [-0.15, -0.1) is 0 Å². The van der Waals surface area contributed by atoms with Crippen molar-refractivity contribution in [2.24, 2.45) is 0 Å². The number of rotatable bonds is 2. The minimum atomic E-state index is -0.233. The zero-order valence-electron chi connectivity index (χ0n) is 7.50. The van der Waals surface area contributed by atoms with Gasteiger partial charge in [0, 0.05) is 16.3 Å². The molecule has 0 aliphatic rings. The third kappa shape index (κ3) is 1.73. The van der Waals surface area contributed by atoms with Crippen LogP contribution >= 0.6 is 15.9 Å². The minimum absolute atomic E-state index is 0.233. The number of benzene rings is 1. The van der Waals surface area contributed by atoms with E-state index >= 15 is 0 Å². The molecule has 0 saturated heterocycles. The summed E-state index contributed by atoms with van der Waals surface area (Å²) in [6.07, 6.45) is 0.702. The summed E-state index contributed by atoms with van der Waals surface area (Å²) in [6.45, 7) is 0. The Balaban J connectivity index is 2.65. The summed E-state index contributed by atoms with van der Waals surface area (Å²) in [5, 5.41) is 1.75. The van der Waals surface area contributed by atoms with Gasteiger partial charge in [-0.1, -0.05) is 34.1 Å². The van der Waals surface area contributed by atoms with Gasteiger partial charge in [0.15, 0.2) is 0 Å². The van der Waals surface area contributed by atoms with Crippen molar-refractivity contribution in [3.05, 3.63) is 46.3 Å². The standard InChI is InChI=1S/C11H9BrO2/c12-6-5-9-7-8-3-1-2-4-10(8)14-11(9)13/h1-4,7H,5-6H2. The highest BCUT2D eigenvalue weighted by atomic mass is 79.9. The maximum Gasteiger partial charge on any atom is 0.339 e. The summed E-state index contributed by atoms with van der Waals surface area (Å²) < 4.78 is 5.17. The Morgan fingerprint density at radius 1 is 1.29 bits per heavy atom. The molecular weight excluding hydrogens is 244 g/mol. The molecule has 0 aliphatic carbocycles. The monoisotopic (exact) mass is 252 g/mol. The van der Waals surface area contributed by atoms with Gasteiger partial charge in [0.2, 0.25) is 0 Å². The summed E-state index contributed by atoms with van der Waals surface area (Å²) >= 11 is 3.30. The molecule has 2 nitrogen and oxygen atoms in total. The van der Waals surface area contributed by atoms with Crippen LogP contribution in [-0.2, 0) is 6.42 Å². The van der Waals surface area contributed by atoms with Gasteiger partial charge >= 0.3 is 5.63 Å². The van der Waals surface area contributed by atoms with Crippen molar-refractivity contribution in [1.82, 2.24) is 0 Å². The van der Waals surface area contributed by atoms with E-state index in [1.54, 1.807) is 6.07 Å². The highest BCUT2D eigenvalue weighted by Crippen LogP contribution is 2.12. The van der Waals surface area contributed by atoms with Crippen molar-refractivity contribution >= 4 is 26.9 Å². The molecule has 1 aromatic carbocycles. The molecule has 0 amide bonds. The van der Waals surface area contributed by atoms with Crippen molar-refractivity contribution in [2.75, 3.05) is 5.33 Å². The highest BCUT2D eigenvalue weighted by molar-refractivity contribution is 9.09. The smallest absolute Gasteiger partial charge is 0.339 e. The lowest BCUT2D eigenvalue weighted by Crippen LogP contribution is -2.07. The molecule has 14 heavy (non-hydrogen) atoms. The molecule has 2 aromatic rings. The van der Waals surface area contributed by atoms with Crippen LogP contribution < -0.4 is 5.63 Å². The molecule has 2 rings (SSSR count). The number of aryl methyl sites for hydroxylation is 1. The third-order valence-corrected chi connectivity index (χ3v) is 2.47. The predicted octanol–water partition coefficient (Wildman–Crippen LogP) is 2.73. The number of fused-ring (bicyclic) bond motifs is 1. The van der Waals surface area contributed by atoms with Crippen molar-refractivity contribution in [3.8, 4) is 0 Å². The first-order valence-electron chi connectivity index (χ1n) is 4.39. The van der Waals surface area contributed by atoms with E-state index in [0.29, 0.717) is 12.0 Å². The lowest BCUT2D eigenvalue weighted by molar-refractivity contribution is 0.552. The molecule has 0 saturated carbocycles. The summed E-state index contributed by atoms with van der Waals surface area (Å²) in [7, 11) is 0. The van der Waals surface area contributed by atoms with Crippen LogP contribution in [0.1, 0.15) is 5.56 Å². The fraction of sp³-hybridized carbons (Fsp3) is 0.182. The SMILES string of the molecule is O=c1oc2ccccc2cc1CCBr. The molecular formula is C11H9BrO2. The quantitative estimate of drug-likeness (QED) is 0.608. The van der Waals surface area contributed by atoms with E-state index in [4.69, 9.17) is 4.42 Å². The van der Waals surface area contributed by atoms with Crippen molar-refractivity contribution in [2.45, 2.75) is 6.42 Å². The van der Waals surface area contributed by atoms with Gasteiger partial charge in [0.05, 0.1) is 0 Å². The molecule has 0 bridgehead atoms. The average Bonchev–Trinajstić information content (AvgIpc) is 2.19. The number of alkyl halides is 1. The van der Waals surface area contributed by atoms with Gasteiger partial charge < -0.3 is 4.42 Å². The van der Waals surface area contributed by atoms with Crippen LogP contribution in [-0.4, -0.2) is 5.33 Å². The minimum Gasteiger partial charge on any atom is -0.423 e. The molecule has 1 aromatic heterocycles. The van der Waals surface area contributed by atoms with Gasteiger partial charge in [-0.2, -0.15) is 0 Å². The number of hydrogen-bond donors (Lipinski definition) is 0. The van der Waals surface area contributed by atoms with E-state index < -0.39 is 0 Å². The average molecular weight is 253 g/mol. The Bertz CT molecular complexity index is 502. The zero-order valence-corrected chi connectivity index (χ0v) is 9.08. The summed E-state index contributed by atoms with van der Waals surface area (Å²) in [5.41, 5.74) is 1.14. The van der Waals surface area contributed by atoms with Crippen molar-refractivity contribution < 1.29 is 4.42 Å². The maximum atomic E-state index is 11.4. The second-order valence-electron chi connectivity index (χ2n) is 3.04. The van der Waals surface area contributed by atoms with Crippen molar-refractivity contribution in [3.63, 3.8) is 0 Å². The second kappa shape index (κ2) is 3.96. The van der Waals surface area contributed by atoms with Gasteiger partial charge in [-0.05, 0) is 18.6 Å². The molecule has 0 radical (unpaired) electrons. The zero-order chi connectivity index (χ0) is 9.97. The number of hydrogen-bond acceptors (Lipinski definition) is 2. The molecule has 0 unspecified atom stereocenters. The Morgan fingerprint density at radius 2 is 2.07 bits per heavy atom. The Kier molecular flexibility index (Phi) is 2.68. The maximum absolute atomic E-state index is 11.4. The summed E-state index contributed by atoms with van der Waals surface area (Å²) in [5.74, 6) is 0. The second-order valence-corrected chi connectivity index (χ2v) is 3.83. The molecule has 0 fully saturated rings. The molecule has 0 atom stereocenters. The van der Waals surface area contributed by atoms with E-state index in [2.05, 4.69) is 15.9 Å². The largest absolute Gasteiger partial charge is 0.423 e. The fourth-order valence-electron chi connectivity index (χ4n) is 1.38. The first-order chi connectivity index (χ1) is 6.81. The van der Waals surface area contributed by atoms with Crippen LogP contribution in [0.3, 0.4) is 0 Å². The molecule has 3 heteroatoms. The van der Waals surface area contributed by atoms with E-state index in [9.17, 15) is 4.79 Å². The molecule has 0 spiro atoms. The predicted molar refractivity (Wildman–Crippen MR) is 60.0 cm³/mol. The van der Waals surface area contributed by atoms with Crippen LogP contribution in [0.15, 0.2) is 39.5 Å². The van der Waals surface area contributed by atoms with Crippen LogP contribution in [0, 0.1) is 0 Å². The van der Waals surface area contributed by atoms with Gasteiger partial charge in [0.1, 0.15) is 5.58 Å². The van der Waals surface area contributed by atoms with Crippen LogP contribution in [0.2, 0.25) is 0 Å². The van der Waals surface area contributed by atoms with E-state index in [1.165, 1.54) is 0 Å². The first kappa shape index (κ1) is 9.46. The number of halogens is 1. The van der Waals surface area contributed by atoms with E-state index in [1.807, 2.05) is 24.3 Å². The fourth-order valence-corrected chi connectivity index (χ4v) is 1.81. The molecule has 1 heterocycles. The first-order valence-corrected chi connectivity index (χ1v) is 5.51. The molecule has 72 valence electrons. The van der Waals surface area contributed by atoms with Gasteiger partial charge in [-0.3, -0.25) is 0 Å². The van der Waals surface area contributed by atoms with Gasteiger partial charge in [0.25, 0.3) is 0 Å². The Labute approximate surface area is 89.7 Å². The number of para-hydroxylation sites is 1. The van der Waals surface area contributed by atoms with E-state index in [-0.39, 0.29) is 5.63 Å². The Hall–Kier alpha value is -1.09. The van der Waals surface area contributed by atoms with Crippen LogP contribution in [0.5, 0.6) is 0 Å². The highest BCUT2D eigenvalue weighted by Gasteiger charge is 2.03. The molecule has 0 N–H and O–H groups in total. The van der Waals surface area contributed by atoms with Crippen LogP contribution in [0.4, 0.5) is 0 Å². The van der Waals surface area contributed by atoms with Crippen LogP contribution in [0.25, 0.3) is 11.0 Å². The lowest BCUT2D eigenvalue weighted by atomic mass is 10.1. The third-order valence-electron chi connectivity index (χ3n) is 2.08. The van der Waals surface area contributed by atoms with E-state index in [0.717, 1.165) is 16.3 Å². The Morgan fingerprint density at radius 3 is 2.86 bits per heavy atom. The molecule has 0 aliphatic heterocycles. The summed E-state index contributed by atoms with van der Waals surface area (Å²) in [6, 6.07) is 9.42. The van der Waals surface area contributed by atoms with Crippen molar-refractivity contribution in [1.29, 1.82) is 0 Å². The topological polar surface area (TPSA) is 30.2 Å². The normalized spacial score (nSPS) is 10.6.